The van der Waals surface area contributed by atoms with Crippen molar-refractivity contribution in [2.45, 2.75) is 13.8 Å². The number of carbonyl (C=O) groups excluding carboxylic acids is 1. The molecule has 92 valence electrons. The van der Waals surface area contributed by atoms with Crippen molar-refractivity contribution in [3.63, 3.8) is 0 Å². The Balaban J connectivity index is 2.21. The monoisotopic (exact) mass is 240 g/mol. The van der Waals surface area contributed by atoms with Crippen LogP contribution in [0.3, 0.4) is 0 Å². The Morgan fingerprint density at radius 2 is 1.78 bits per heavy atom. The minimum absolute atomic E-state index is 0.144. The van der Waals surface area contributed by atoms with E-state index in [2.05, 4.69) is 5.32 Å². The molecule has 18 heavy (non-hydrogen) atoms. The molecular weight excluding hydrogens is 224 g/mol. The van der Waals surface area contributed by atoms with Crippen LogP contribution < -0.4 is 11.1 Å². The molecule has 3 N–H and O–H groups in total. The van der Waals surface area contributed by atoms with Crippen LogP contribution in [0.2, 0.25) is 0 Å². The van der Waals surface area contributed by atoms with Gasteiger partial charge in [0.2, 0.25) is 0 Å². The number of nitrogen functional groups attached to an aromatic ring is 1. The number of carbonyl (C=O) groups is 1. The molecule has 0 fully saturated rings. The van der Waals surface area contributed by atoms with E-state index in [0.717, 1.165) is 11.1 Å². The number of benzene rings is 2. The highest BCUT2D eigenvalue weighted by Gasteiger charge is 2.07. The van der Waals surface area contributed by atoms with Crippen molar-refractivity contribution in [3.8, 4) is 0 Å². The summed E-state index contributed by atoms with van der Waals surface area (Å²) >= 11 is 0. The van der Waals surface area contributed by atoms with Gasteiger partial charge in [0.15, 0.2) is 0 Å². The smallest absolute Gasteiger partial charge is 0.255 e. The van der Waals surface area contributed by atoms with Crippen molar-refractivity contribution in [2.75, 3.05) is 11.1 Å². The lowest BCUT2D eigenvalue weighted by atomic mass is 10.1. The summed E-state index contributed by atoms with van der Waals surface area (Å²) in [6, 6.07) is 13.0. The third-order valence-electron chi connectivity index (χ3n) is 2.74. The highest BCUT2D eigenvalue weighted by atomic mass is 16.1. The second-order valence-electron chi connectivity index (χ2n) is 4.41. The molecule has 1 amide bonds. The van der Waals surface area contributed by atoms with E-state index in [1.807, 2.05) is 50.2 Å². The fourth-order valence-corrected chi connectivity index (χ4v) is 1.78. The average molecular weight is 240 g/mol. The Morgan fingerprint density at radius 3 is 2.44 bits per heavy atom. The van der Waals surface area contributed by atoms with Crippen molar-refractivity contribution in [1.29, 1.82) is 0 Å². The molecule has 3 nitrogen and oxygen atoms in total. The first-order chi connectivity index (χ1) is 8.56. The van der Waals surface area contributed by atoms with Crippen LogP contribution in [0.1, 0.15) is 21.5 Å². The molecule has 0 aliphatic rings. The van der Waals surface area contributed by atoms with E-state index in [4.69, 9.17) is 5.73 Å². The summed E-state index contributed by atoms with van der Waals surface area (Å²) in [4.78, 5) is 12.0. The minimum atomic E-state index is -0.144. The Bertz CT molecular complexity index is 591. The molecule has 0 heterocycles. The largest absolute Gasteiger partial charge is 0.397 e. The first kappa shape index (κ1) is 12.2. The first-order valence-corrected chi connectivity index (χ1v) is 5.80. The Labute approximate surface area is 107 Å². The van der Waals surface area contributed by atoms with Gasteiger partial charge in [-0.15, -0.1) is 0 Å². The summed E-state index contributed by atoms with van der Waals surface area (Å²) in [7, 11) is 0. The topological polar surface area (TPSA) is 55.1 Å². The number of aryl methyl sites for hydroxylation is 2. The van der Waals surface area contributed by atoms with Crippen LogP contribution in [0, 0.1) is 13.8 Å². The first-order valence-electron chi connectivity index (χ1n) is 5.80. The zero-order chi connectivity index (χ0) is 13.1. The molecule has 0 radical (unpaired) electrons. The summed E-state index contributed by atoms with van der Waals surface area (Å²) < 4.78 is 0. The van der Waals surface area contributed by atoms with Crippen molar-refractivity contribution in [2.24, 2.45) is 0 Å². The molecule has 0 unspecified atom stereocenters. The predicted octanol–water partition coefficient (Wildman–Crippen LogP) is 3.14. The summed E-state index contributed by atoms with van der Waals surface area (Å²) in [5, 5.41) is 2.82. The molecule has 0 saturated carbocycles. The number of rotatable bonds is 2. The van der Waals surface area contributed by atoms with E-state index < -0.39 is 0 Å². The van der Waals surface area contributed by atoms with Crippen LogP contribution in [-0.4, -0.2) is 5.91 Å². The molecular formula is C15H16N2O. The fraction of sp³-hybridized carbons (Fsp3) is 0.133. The van der Waals surface area contributed by atoms with Gasteiger partial charge < -0.3 is 11.1 Å². The average Bonchev–Trinajstić information content (AvgIpc) is 2.32. The summed E-state index contributed by atoms with van der Waals surface area (Å²) in [6.07, 6.45) is 0. The van der Waals surface area contributed by atoms with E-state index in [1.54, 1.807) is 6.07 Å². The van der Waals surface area contributed by atoms with Gasteiger partial charge in [-0.05, 0) is 43.7 Å². The van der Waals surface area contributed by atoms with Crippen molar-refractivity contribution >= 4 is 17.3 Å². The van der Waals surface area contributed by atoms with E-state index in [9.17, 15) is 4.79 Å². The molecule has 0 bridgehead atoms. The predicted molar refractivity (Wildman–Crippen MR) is 74.7 cm³/mol. The number of nitrogens with two attached hydrogens (primary N) is 1. The van der Waals surface area contributed by atoms with Gasteiger partial charge in [-0.3, -0.25) is 4.79 Å². The molecule has 2 aromatic carbocycles. The molecule has 0 aliphatic heterocycles. The van der Waals surface area contributed by atoms with Crippen LogP contribution in [0.4, 0.5) is 11.4 Å². The molecule has 2 rings (SSSR count). The van der Waals surface area contributed by atoms with Crippen molar-refractivity contribution in [3.05, 3.63) is 59.2 Å². The molecule has 3 heteroatoms. The van der Waals surface area contributed by atoms with Gasteiger partial charge in [0.25, 0.3) is 5.91 Å². The zero-order valence-electron chi connectivity index (χ0n) is 10.5. The van der Waals surface area contributed by atoms with Gasteiger partial charge in [0.05, 0.1) is 11.4 Å². The molecule has 0 aliphatic carbocycles. The molecule has 0 aromatic heterocycles. The Morgan fingerprint density at radius 1 is 1.06 bits per heavy atom. The van der Waals surface area contributed by atoms with E-state index in [-0.39, 0.29) is 5.91 Å². The van der Waals surface area contributed by atoms with E-state index >= 15 is 0 Å². The molecule has 0 spiro atoms. The number of hydrogen-bond donors (Lipinski definition) is 2. The van der Waals surface area contributed by atoms with Gasteiger partial charge in [-0.2, -0.15) is 0 Å². The second kappa shape index (κ2) is 4.92. The lowest BCUT2D eigenvalue weighted by molar-refractivity contribution is 0.102. The van der Waals surface area contributed by atoms with Gasteiger partial charge in [-0.25, -0.2) is 0 Å². The van der Waals surface area contributed by atoms with Crippen LogP contribution >= 0.6 is 0 Å². The van der Waals surface area contributed by atoms with Gasteiger partial charge in [0.1, 0.15) is 0 Å². The van der Waals surface area contributed by atoms with Crippen LogP contribution in [0.5, 0.6) is 0 Å². The number of nitrogens with one attached hydrogen (secondary N) is 1. The van der Waals surface area contributed by atoms with E-state index in [1.165, 1.54) is 0 Å². The number of anilines is 2. The fourth-order valence-electron chi connectivity index (χ4n) is 1.78. The second-order valence-corrected chi connectivity index (χ2v) is 4.41. The third kappa shape index (κ3) is 2.69. The molecule has 2 aromatic rings. The highest BCUT2D eigenvalue weighted by molar-refractivity contribution is 6.05. The normalized spacial score (nSPS) is 10.1. The van der Waals surface area contributed by atoms with Gasteiger partial charge in [-0.1, -0.05) is 23.8 Å². The number of hydrogen-bond acceptors (Lipinski definition) is 2. The maximum absolute atomic E-state index is 12.0. The van der Waals surface area contributed by atoms with Gasteiger partial charge >= 0.3 is 0 Å². The molecule has 0 saturated heterocycles. The van der Waals surface area contributed by atoms with Crippen molar-refractivity contribution in [1.82, 2.24) is 0 Å². The van der Waals surface area contributed by atoms with Gasteiger partial charge in [0, 0.05) is 5.56 Å². The van der Waals surface area contributed by atoms with E-state index in [0.29, 0.717) is 16.9 Å². The van der Waals surface area contributed by atoms with Crippen molar-refractivity contribution < 1.29 is 4.79 Å². The van der Waals surface area contributed by atoms with Crippen LogP contribution in [0.25, 0.3) is 0 Å². The van der Waals surface area contributed by atoms with Crippen LogP contribution in [0.15, 0.2) is 42.5 Å². The quantitative estimate of drug-likeness (QED) is 0.792. The Hall–Kier alpha value is -2.29. The Kier molecular flexibility index (Phi) is 3.33. The molecule has 0 atom stereocenters. The number of amides is 1. The highest BCUT2D eigenvalue weighted by Crippen LogP contribution is 2.20. The zero-order valence-corrected chi connectivity index (χ0v) is 10.5. The third-order valence-corrected chi connectivity index (χ3v) is 2.74. The lowest BCUT2D eigenvalue weighted by Crippen LogP contribution is -2.13. The minimum Gasteiger partial charge on any atom is -0.397 e. The maximum Gasteiger partial charge on any atom is 0.255 e. The summed E-state index contributed by atoms with van der Waals surface area (Å²) in [5.41, 5.74) is 9.85. The summed E-state index contributed by atoms with van der Waals surface area (Å²) in [6.45, 7) is 3.92. The standard InChI is InChI=1S/C15H16N2O/c1-10-4-3-5-12(8-10)15(18)17-14-7-6-11(2)9-13(14)16/h3-9H,16H2,1-2H3,(H,17,18). The SMILES string of the molecule is Cc1cccc(C(=O)Nc2ccc(C)cc2N)c1. The van der Waals surface area contributed by atoms with Crippen LogP contribution in [-0.2, 0) is 0 Å². The lowest BCUT2D eigenvalue weighted by Gasteiger charge is -2.09. The summed E-state index contributed by atoms with van der Waals surface area (Å²) in [5.74, 6) is -0.144. The maximum atomic E-state index is 12.0.